The van der Waals surface area contributed by atoms with Crippen LogP contribution in [0.5, 0.6) is 11.5 Å². The Morgan fingerprint density at radius 1 is 1.13 bits per heavy atom. The van der Waals surface area contributed by atoms with Crippen LogP contribution in [0.4, 0.5) is 11.6 Å². The first kappa shape index (κ1) is 25.4. The van der Waals surface area contributed by atoms with Crippen molar-refractivity contribution in [3.63, 3.8) is 0 Å². The molecule has 0 saturated carbocycles. The average molecular weight is 512 g/mol. The van der Waals surface area contributed by atoms with Gasteiger partial charge in [-0.1, -0.05) is 24.8 Å². The number of para-hydroxylation sites is 1. The molecule has 1 amide bonds. The molecular formula is C29H33N7O2. The summed E-state index contributed by atoms with van der Waals surface area (Å²) < 4.78 is 5.94. The maximum absolute atomic E-state index is 11.9. The Bertz CT molecular complexity index is 1330. The van der Waals surface area contributed by atoms with Crippen LogP contribution < -0.4 is 15.8 Å². The number of nitrogen functional groups attached to an aromatic ring is 1. The molecule has 9 nitrogen and oxygen atoms in total. The lowest BCUT2D eigenvalue weighted by Crippen LogP contribution is -2.34. The van der Waals surface area contributed by atoms with Gasteiger partial charge in [0.1, 0.15) is 29.5 Å². The van der Waals surface area contributed by atoms with E-state index in [4.69, 9.17) is 15.9 Å². The molecule has 0 aliphatic carbocycles. The van der Waals surface area contributed by atoms with Crippen molar-refractivity contribution in [1.29, 1.82) is 5.41 Å². The number of fused-ring (bicyclic) bond motifs is 1. The first-order chi connectivity index (χ1) is 18.4. The van der Waals surface area contributed by atoms with Crippen molar-refractivity contribution in [2.75, 3.05) is 50.3 Å². The molecule has 2 aliphatic rings. The third-order valence-electron chi connectivity index (χ3n) is 7.34. The summed E-state index contributed by atoms with van der Waals surface area (Å²) in [4.78, 5) is 24.8. The van der Waals surface area contributed by atoms with Gasteiger partial charge >= 0.3 is 0 Å². The van der Waals surface area contributed by atoms with E-state index in [9.17, 15) is 4.79 Å². The molecule has 5 rings (SSSR count). The van der Waals surface area contributed by atoms with Crippen molar-refractivity contribution in [2.24, 2.45) is 11.8 Å². The number of aromatic nitrogens is 2. The molecule has 2 fully saturated rings. The lowest BCUT2D eigenvalue weighted by molar-refractivity contribution is -0.125. The van der Waals surface area contributed by atoms with Gasteiger partial charge in [0.05, 0.1) is 11.3 Å². The second kappa shape index (κ2) is 11.0. The van der Waals surface area contributed by atoms with Gasteiger partial charge in [0, 0.05) is 44.8 Å². The van der Waals surface area contributed by atoms with Crippen LogP contribution in [0.1, 0.15) is 16.7 Å². The number of rotatable bonds is 9. The fraction of sp³-hybridized carbons (Fsp3) is 0.310. The van der Waals surface area contributed by atoms with E-state index in [2.05, 4.69) is 26.8 Å². The highest BCUT2D eigenvalue weighted by Gasteiger charge is 2.40. The quantitative estimate of drug-likeness (QED) is 0.297. The molecule has 2 atom stereocenters. The highest BCUT2D eigenvalue weighted by atomic mass is 16.5. The molecule has 9 heteroatoms. The van der Waals surface area contributed by atoms with Crippen LogP contribution >= 0.6 is 0 Å². The number of amides is 1. The number of carbonyl (C=O) groups is 1. The average Bonchev–Trinajstić information content (AvgIpc) is 3.48. The molecule has 2 aliphatic heterocycles. The van der Waals surface area contributed by atoms with Crippen molar-refractivity contribution in [2.45, 2.75) is 6.92 Å². The summed E-state index contributed by atoms with van der Waals surface area (Å²) >= 11 is 0. The summed E-state index contributed by atoms with van der Waals surface area (Å²) in [7, 11) is 0. The summed E-state index contributed by atoms with van der Waals surface area (Å²) in [5.41, 5.74) is 8.62. The lowest BCUT2D eigenvalue weighted by atomic mass is 9.98. The fourth-order valence-electron chi connectivity index (χ4n) is 5.43. The van der Waals surface area contributed by atoms with E-state index in [1.54, 1.807) is 0 Å². The van der Waals surface area contributed by atoms with Gasteiger partial charge in [0.15, 0.2) is 0 Å². The van der Waals surface area contributed by atoms with Crippen molar-refractivity contribution in [3.8, 4) is 11.5 Å². The number of likely N-dealkylation sites (tertiary alicyclic amines) is 2. The molecular weight excluding hydrogens is 478 g/mol. The molecule has 0 radical (unpaired) electrons. The number of ether oxygens (including phenoxy) is 1. The summed E-state index contributed by atoms with van der Waals surface area (Å²) in [5.74, 6) is 3.31. The van der Waals surface area contributed by atoms with E-state index in [0.717, 1.165) is 49.6 Å². The van der Waals surface area contributed by atoms with Crippen LogP contribution in [-0.2, 0) is 4.79 Å². The fourth-order valence-corrected chi connectivity index (χ4v) is 5.43. The monoisotopic (exact) mass is 511 g/mol. The molecule has 196 valence electrons. The van der Waals surface area contributed by atoms with Gasteiger partial charge < -0.3 is 25.6 Å². The van der Waals surface area contributed by atoms with Crippen LogP contribution in [-0.4, -0.2) is 70.7 Å². The summed E-state index contributed by atoms with van der Waals surface area (Å²) in [6.07, 6.45) is 2.82. The van der Waals surface area contributed by atoms with Crippen LogP contribution in [0, 0.1) is 24.2 Å². The first-order valence-electron chi connectivity index (χ1n) is 12.8. The maximum atomic E-state index is 11.9. The smallest absolute Gasteiger partial charge is 0.245 e. The first-order valence-corrected chi connectivity index (χ1v) is 12.8. The third-order valence-corrected chi connectivity index (χ3v) is 7.34. The van der Waals surface area contributed by atoms with Crippen LogP contribution in [0.2, 0.25) is 0 Å². The zero-order valence-corrected chi connectivity index (χ0v) is 21.6. The number of hydrogen-bond donors (Lipinski definition) is 3. The third kappa shape index (κ3) is 5.38. The van der Waals surface area contributed by atoms with Crippen molar-refractivity contribution < 1.29 is 9.53 Å². The van der Waals surface area contributed by atoms with Gasteiger partial charge in [-0.2, -0.15) is 0 Å². The summed E-state index contributed by atoms with van der Waals surface area (Å²) in [6, 6.07) is 15.2. The van der Waals surface area contributed by atoms with Crippen LogP contribution in [0.3, 0.4) is 0 Å². The molecule has 4 N–H and O–H groups in total. The number of carbonyl (C=O) groups excluding carboxylic acids is 1. The van der Waals surface area contributed by atoms with Crippen molar-refractivity contribution >= 4 is 23.3 Å². The number of nitrogens with one attached hydrogen (secondary N) is 2. The normalized spacial score (nSPS) is 18.7. The number of nitrogens with two attached hydrogens (primary N) is 1. The minimum atomic E-state index is 0.0255. The van der Waals surface area contributed by atoms with Gasteiger partial charge in [-0.15, -0.1) is 0 Å². The number of nitrogens with zero attached hydrogens (tertiary/aromatic N) is 4. The van der Waals surface area contributed by atoms with E-state index in [1.807, 2.05) is 60.4 Å². The molecule has 0 spiro atoms. The van der Waals surface area contributed by atoms with E-state index < -0.39 is 0 Å². The predicted molar refractivity (Wildman–Crippen MR) is 149 cm³/mol. The Hall–Kier alpha value is -4.24. The van der Waals surface area contributed by atoms with Crippen molar-refractivity contribution in [1.82, 2.24) is 19.8 Å². The molecule has 2 unspecified atom stereocenters. The Balaban J connectivity index is 1.22. The van der Waals surface area contributed by atoms with Gasteiger partial charge in [-0.25, -0.2) is 9.97 Å². The standard InChI is InChI=1S/C29H33N7O2/c1-3-25(37)36-16-20-14-35(15-21(20)17-36)12-11-32-29-26(28(31)33-18-34-29)27(30)24-10-9-23(13-19(24)2)38-22-7-5-4-6-8-22/h3-10,13,18,20-21,30H,1,11-12,14-17H2,2H3,(H3,31,32,33,34). The zero-order valence-electron chi connectivity index (χ0n) is 21.6. The molecule has 3 heterocycles. The van der Waals surface area contributed by atoms with E-state index in [0.29, 0.717) is 35.5 Å². The number of anilines is 2. The molecule has 3 aromatic rings. The topological polar surface area (TPSA) is 120 Å². The van der Waals surface area contributed by atoms with E-state index in [1.165, 1.54) is 12.4 Å². The largest absolute Gasteiger partial charge is 0.457 e. The zero-order chi connectivity index (χ0) is 26.6. The second-order valence-corrected chi connectivity index (χ2v) is 9.90. The minimum Gasteiger partial charge on any atom is -0.457 e. The van der Waals surface area contributed by atoms with Gasteiger partial charge in [0.25, 0.3) is 0 Å². The maximum Gasteiger partial charge on any atom is 0.245 e. The SMILES string of the molecule is C=CC(=O)N1CC2CN(CCNc3ncnc(N)c3C(=N)c3ccc(Oc4ccccc4)cc3C)CC2C1. The highest BCUT2D eigenvalue weighted by molar-refractivity contribution is 6.16. The Kier molecular flexibility index (Phi) is 7.37. The minimum absolute atomic E-state index is 0.0255. The number of benzene rings is 2. The summed E-state index contributed by atoms with van der Waals surface area (Å²) in [5, 5.41) is 12.3. The molecule has 1 aromatic heterocycles. The molecule has 2 aromatic carbocycles. The number of hydrogen-bond acceptors (Lipinski definition) is 8. The van der Waals surface area contributed by atoms with Crippen LogP contribution in [0.25, 0.3) is 0 Å². The highest BCUT2D eigenvalue weighted by Crippen LogP contribution is 2.31. The Morgan fingerprint density at radius 3 is 2.55 bits per heavy atom. The lowest BCUT2D eigenvalue weighted by Gasteiger charge is -2.21. The predicted octanol–water partition coefficient (Wildman–Crippen LogP) is 3.56. The van der Waals surface area contributed by atoms with Gasteiger partial charge in [-0.3, -0.25) is 10.2 Å². The van der Waals surface area contributed by atoms with Crippen LogP contribution in [0.15, 0.2) is 67.5 Å². The van der Waals surface area contributed by atoms with Crippen molar-refractivity contribution in [3.05, 3.63) is 84.2 Å². The summed E-state index contributed by atoms with van der Waals surface area (Å²) in [6.45, 7) is 10.6. The molecule has 2 saturated heterocycles. The molecule has 38 heavy (non-hydrogen) atoms. The van der Waals surface area contributed by atoms with Gasteiger partial charge in [0.2, 0.25) is 5.91 Å². The Morgan fingerprint density at radius 2 is 1.87 bits per heavy atom. The molecule has 0 bridgehead atoms. The second-order valence-electron chi connectivity index (χ2n) is 9.90. The van der Waals surface area contributed by atoms with E-state index in [-0.39, 0.29) is 17.4 Å². The number of aryl methyl sites for hydroxylation is 1. The van der Waals surface area contributed by atoms with Gasteiger partial charge in [-0.05, 0) is 60.7 Å². The Labute approximate surface area is 222 Å². The van der Waals surface area contributed by atoms with E-state index >= 15 is 0 Å².